The Morgan fingerprint density at radius 2 is 2.00 bits per heavy atom. The van der Waals surface area contributed by atoms with Crippen LogP contribution in [0, 0.1) is 0 Å². The van der Waals surface area contributed by atoms with Gasteiger partial charge in [0, 0.05) is 17.1 Å². The number of anilines is 1. The number of aromatic amines is 1. The van der Waals surface area contributed by atoms with Gasteiger partial charge in [-0.15, -0.1) is 0 Å². The third-order valence-corrected chi connectivity index (χ3v) is 3.09. The van der Waals surface area contributed by atoms with Crippen LogP contribution < -0.4 is 5.32 Å². The lowest BCUT2D eigenvalue weighted by Crippen LogP contribution is -2.18. The van der Waals surface area contributed by atoms with E-state index in [2.05, 4.69) is 47.6 Å². The minimum atomic E-state index is 0.592. The van der Waals surface area contributed by atoms with Gasteiger partial charge in [0.1, 0.15) is 0 Å². The molecule has 0 spiro atoms. The maximum Gasteiger partial charge on any atom is 0.0651 e. The maximum atomic E-state index is 4.04. The molecule has 0 aliphatic carbocycles. The molecule has 17 heavy (non-hydrogen) atoms. The van der Waals surface area contributed by atoms with E-state index in [-0.39, 0.29) is 0 Å². The predicted molar refractivity (Wildman–Crippen MR) is 73.3 cm³/mol. The first-order chi connectivity index (χ1) is 8.33. The highest BCUT2D eigenvalue weighted by Crippen LogP contribution is 2.19. The van der Waals surface area contributed by atoms with E-state index in [1.165, 1.54) is 36.8 Å². The molecule has 1 aromatic heterocycles. The Morgan fingerprint density at radius 3 is 2.71 bits per heavy atom. The third-order valence-electron chi connectivity index (χ3n) is 3.09. The van der Waals surface area contributed by atoms with Gasteiger partial charge >= 0.3 is 0 Å². The van der Waals surface area contributed by atoms with Gasteiger partial charge in [-0.05, 0) is 31.0 Å². The van der Waals surface area contributed by atoms with Crippen LogP contribution in [0.3, 0.4) is 0 Å². The fourth-order valence-electron chi connectivity index (χ4n) is 2.25. The second kappa shape index (κ2) is 5.71. The molecule has 2 N–H and O–H groups in total. The smallest absolute Gasteiger partial charge is 0.0651 e. The summed E-state index contributed by atoms with van der Waals surface area (Å²) in [5, 5.41) is 11.8. The van der Waals surface area contributed by atoms with Crippen LogP contribution in [0.4, 0.5) is 5.69 Å². The number of hydrogen-bond acceptors (Lipinski definition) is 2. The average molecular weight is 231 g/mol. The van der Waals surface area contributed by atoms with Crippen LogP contribution in [-0.2, 0) is 0 Å². The first kappa shape index (κ1) is 12.0. The van der Waals surface area contributed by atoms with Crippen molar-refractivity contribution >= 4 is 16.6 Å². The van der Waals surface area contributed by atoms with Crippen molar-refractivity contribution in [3.63, 3.8) is 0 Å². The number of rotatable bonds is 6. The third kappa shape index (κ3) is 2.99. The Kier molecular flexibility index (Phi) is 4.02. The van der Waals surface area contributed by atoms with Gasteiger partial charge in [-0.3, -0.25) is 5.10 Å². The SMILES string of the molecule is CCCC(CCC)Nc1ccc2[nH]ncc2c1. The molecule has 1 heterocycles. The van der Waals surface area contributed by atoms with E-state index in [9.17, 15) is 0 Å². The summed E-state index contributed by atoms with van der Waals surface area (Å²) >= 11 is 0. The topological polar surface area (TPSA) is 40.7 Å². The minimum Gasteiger partial charge on any atom is -0.382 e. The van der Waals surface area contributed by atoms with E-state index < -0.39 is 0 Å². The Morgan fingerprint density at radius 1 is 1.24 bits per heavy atom. The lowest BCUT2D eigenvalue weighted by atomic mass is 10.1. The van der Waals surface area contributed by atoms with Gasteiger partial charge < -0.3 is 5.32 Å². The van der Waals surface area contributed by atoms with Crippen LogP contribution in [0.1, 0.15) is 39.5 Å². The summed E-state index contributed by atoms with van der Waals surface area (Å²) < 4.78 is 0. The second-order valence-electron chi connectivity index (χ2n) is 4.59. The number of H-pyrrole nitrogens is 1. The Balaban J connectivity index is 2.09. The van der Waals surface area contributed by atoms with Crippen LogP contribution in [-0.4, -0.2) is 16.2 Å². The number of hydrogen-bond donors (Lipinski definition) is 2. The number of aromatic nitrogens is 2. The quantitative estimate of drug-likeness (QED) is 0.790. The molecule has 0 aliphatic heterocycles. The van der Waals surface area contributed by atoms with Gasteiger partial charge in [0.25, 0.3) is 0 Å². The van der Waals surface area contributed by atoms with Gasteiger partial charge in [-0.1, -0.05) is 26.7 Å². The summed E-state index contributed by atoms with van der Waals surface area (Å²) in [5.74, 6) is 0. The lowest BCUT2D eigenvalue weighted by molar-refractivity contribution is 0.586. The molecule has 3 nitrogen and oxygen atoms in total. The molecule has 0 amide bonds. The zero-order valence-corrected chi connectivity index (χ0v) is 10.7. The molecule has 1 aromatic carbocycles. The van der Waals surface area contributed by atoms with Crippen LogP contribution in [0.2, 0.25) is 0 Å². The molecule has 0 saturated heterocycles. The van der Waals surface area contributed by atoms with Crippen molar-refractivity contribution in [3.05, 3.63) is 24.4 Å². The van der Waals surface area contributed by atoms with Gasteiger partial charge in [-0.2, -0.15) is 5.10 Å². The van der Waals surface area contributed by atoms with Crippen molar-refractivity contribution in [2.75, 3.05) is 5.32 Å². The molecule has 0 atom stereocenters. The monoisotopic (exact) mass is 231 g/mol. The fourth-order valence-corrected chi connectivity index (χ4v) is 2.25. The standard InChI is InChI=1S/C14H21N3/c1-3-5-12(6-4-2)16-13-7-8-14-11(9-13)10-15-17-14/h7-10,12,16H,3-6H2,1-2H3,(H,15,17). The zero-order chi connectivity index (χ0) is 12.1. The number of nitrogens with zero attached hydrogens (tertiary/aromatic N) is 1. The summed E-state index contributed by atoms with van der Waals surface area (Å²) in [4.78, 5) is 0. The van der Waals surface area contributed by atoms with Crippen molar-refractivity contribution in [2.45, 2.75) is 45.6 Å². The molecular formula is C14H21N3. The van der Waals surface area contributed by atoms with Crippen molar-refractivity contribution in [1.29, 1.82) is 0 Å². The predicted octanol–water partition coefficient (Wildman–Crippen LogP) is 3.94. The lowest BCUT2D eigenvalue weighted by Gasteiger charge is -2.18. The number of benzene rings is 1. The Bertz CT molecular complexity index is 455. The fraction of sp³-hybridized carbons (Fsp3) is 0.500. The van der Waals surface area contributed by atoms with Gasteiger partial charge in [0.15, 0.2) is 0 Å². The van der Waals surface area contributed by atoms with Gasteiger partial charge in [-0.25, -0.2) is 0 Å². The van der Waals surface area contributed by atoms with E-state index in [0.29, 0.717) is 6.04 Å². The van der Waals surface area contributed by atoms with Crippen LogP contribution >= 0.6 is 0 Å². The number of nitrogens with one attached hydrogen (secondary N) is 2. The Hall–Kier alpha value is -1.51. The van der Waals surface area contributed by atoms with Crippen LogP contribution in [0.25, 0.3) is 10.9 Å². The highest BCUT2D eigenvalue weighted by atomic mass is 15.1. The normalized spacial score (nSPS) is 11.2. The molecule has 92 valence electrons. The Labute approximate surface area is 103 Å². The van der Waals surface area contributed by atoms with Crippen LogP contribution in [0.15, 0.2) is 24.4 Å². The average Bonchev–Trinajstić information content (AvgIpc) is 2.77. The second-order valence-corrected chi connectivity index (χ2v) is 4.59. The first-order valence-electron chi connectivity index (χ1n) is 6.53. The molecule has 0 fully saturated rings. The summed E-state index contributed by atoms with van der Waals surface area (Å²) in [6, 6.07) is 6.96. The van der Waals surface area contributed by atoms with E-state index in [1.54, 1.807) is 0 Å². The molecule has 2 aromatic rings. The van der Waals surface area contributed by atoms with E-state index >= 15 is 0 Å². The molecule has 2 rings (SSSR count). The van der Waals surface area contributed by atoms with E-state index in [4.69, 9.17) is 0 Å². The van der Waals surface area contributed by atoms with Crippen LogP contribution in [0.5, 0.6) is 0 Å². The highest BCUT2D eigenvalue weighted by Gasteiger charge is 2.06. The molecule has 0 aliphatic rings. The van der Waals surface area contributed by atoms with Crippen molar-refractivity contribution < 1.29 is 0 Å². The summed E-state index contributed by atoms with van der Waals surface area (Å²) in [5.41, 5.74) is 2.30. The van der Waals surface area contributed by atoms with Crippen molar-refractivity contribution in [1.82, 2.24) is 10.2 Å². The van der Waals surface area contributed by atoms with Crippen molar-refractivity contribution in [3.8, 4) is 0 Å². The maximum absolute atomic E-state index is 4.04. The largest absolute Gasteiger partial charge is 0.382 e. The molecule has 0 bridgehead atoms. The van der Waals surface area contributed by atoms with Gasteiger partial charge in [0.2, 0.25) is 0 Å². The van der Waals surface area contributed by atoms with E-state index in [0.717, 1.165) is 5.52 Å². The molecule has 0 saturated carbocycles. The van der Waals surface area contributed by atoms with Gasteiger partial charge in [0.05, 0.1) is 11.7 Å². The molecule has 3 heteroatoms. The van der Waals surface area contributed by atoms with E-state index in [1.807, 2.05) is 6.20 Å². The highest BCUT2D eigenvalue weighted by molar-refractivity contribution is 5.81. The summed E-state index contributed by atoms with van der Waals surface area (Å²) in [7, 11) is 0. The van der Waals surface area contributed by atoms with Crippen molar-refractivity contribution in [2.24, 2.45) is 0 Å². The molecule has 0 radical (unpaired) electrons. The zero-order valence-electron chi connectivity index (χ0n) is 10.7. The molecular weight excluding hydrogens is 210 g/mol. The summed E-state index contributed by atoms with van der Waals surface area (Å²) in [6.07, 6.45) is 6.79. The first-order valence-corrected chi connectivity index (χ1v) is 6.53. The molecule has 0 unspecified atom stereocenters. The summed E-state index contributed by atoms with van der Waals surface area (Å²) in [6.45, 7) is 4.48. The minimum absolute atomic E-state index is 0.592. The number of fused-ring (bicyclic) bond motifs is 1.